The number of hydrogen-bond acceptors (Lipinski definition) is 8. The average Bonchev–Trinajstić information content (AvgIpc) is 3.31. The molecule has 0 amide bonds. The number of thiazole rings is 2. The van der Waals surface area contributed by atoms with E-state index < -0.39 is 14.6 Å². The Labute approximate surface area is 159 Å². The summed E-state index contributed by atoms with van der Waals surface area (Å²) in [5.41, 5.74) is 2.45. The molecule has 1 unspecified atom stereocenters. The van der Waals surface area contributed by atoms with E-state index in [9.17, 15) is 13.2 Å². The van der Waals surface area contributed by atoms with Crippen LogP contribution in [0.25, 0.3) is 20.1 Å². The van der Waals surface area contributed by atoms with Crippen molar-refractivity contribution in [3.63, 3.8) is 0 Å². The van der Waals surface area contributed by atoms with Gasteiger partial charge in [0.15, 0.2) is 9.84 Å². The van der Waals surface area contributed by atoms with Crippen molar-refractivity contribution in [2.75, 3.05) is 13.7 Å². The number of hydrogen-bond donors (Lipinski definition) is 0. The summed E-state index contributed by atoms with van der Waals surface area (Å²) in [4.78, 5) is 21.4. The van der Waals surface area contributed by atoms with Crippen LogP contribution in [0.1, 0.15) is 19.8 Å². The first-order chi connectivity index (χ1) is 12.5. The Morgan fingerprint density at radius 3 is 2.77 bits per heavy atom. The second-order valence-corrected chi connectivity index (χ2v) is 10.0. The average molecular weight is 411 g/mol. The summed E-state index contributed by atoms with van der Waals surface area (Å²) in [6, 6.07) is 4.81. The number of aldehydes is 1. The molecule has 0 N–H and O–H groups in total. The Kier molecular flexibility index (Phi) is 5.52. The van der Waals surface area contributed by atoms with E-state index in [1.54, 1.807) is 30.8 Å². The van der Waals surface area contributed by atoms with Gasteiger partial charge in [-0.1, -0.05) is 6.92 Å². The van der Waals surface area contributed by atoms with Crippen LogP contribution in [-0.2, 0) is 19.4 Å². The molecular weight excluding hydrogens is 392 g/mol. The summed E-state index contributed by atoms with van der Waals surface area (Å²) in [6.07, 6.45) is 2.59. The molecule has 26 heavy (non-hydrogen) atoms. The fourth-order valence-electron chi connectivity index (χ4n) is 2.72. The molecule has 3 aromatic rings. The SMILES string of the molecule is CCC(C=O)(CCOC)S(=O)(=O)c1ccc2nc(-c3cncs3)sc2c1. The number of rotatable bonds is 8. The van der Waals surface area contributed by atoms with Gasteiger partial charge in [-0.05, 0) is 31.0 Å². The zero-order valence-corrected chi connectivity index (χ0v) is 16.8. The Hall–Kier alpha value is -1.68. The number of carbonyl (C=O) groups is 1. The van der Waals surface area contributed by atoms with Gasteiger partial charge >= 0.3 is 0 Å². The van der Waals surface area contributed by atoms with Crippen LogP contribution in [0.3, 0.4) is 0 Å². The van der Waals surface area contributed by atoms with Gasteiger partial charge in [0.2, 0.25) is 0 Å². The largest absolute Gasteiger partial charge is 0.385 e. The minimum Gasteiger partial charge on any atom is -0.385 e. The minimum atomic E-state index is -3.85. The highest BCUT2D eigenvalue weighted by Gasteiger charge is 2.43. The first kappa shape index (κ1) is 19.1. The zero-order valence-electron chi connectivity index (χ0n) is 14.3. The maximum Gasteiger partial charge on any atom is 0.191 e. The molecule has 6 nitrogen and oxygen atoms in total. The lowest BCUT2D eigenvalue weighted by molar-refractivity contribution is -0.110. The summed E-state index contributed by atoms with van der Waals surface area (Å²) in [5, 5.41) is 0.800. The highest BCUT2D eigenvalue weighted by atomic mass is 32.2. The second-order valence-electron chi connectivity index (χ2n) is 5.80. The molecule has 1 aromatic carbocycles. The fourth-order valence-corrected chi connectivity index (χ4v) is 6.32. The molecule has 0 fully saturated rings. The predicted octanol–water partition coefficient (Wildman–Crippen LogP) is 3.58. The molecule has 0 radical (unpaired) electrons. The monoisotopic (exact) mass is 410 g/mol. The van der Waals surface area contributed by atoms with E-state index in [0.717, 1.165) is 20.1 Å². The van der Waals surface area contributed by atoms with Crippen LogP contribution in [0.4, 0.5) is 0 Å². The van der Waals surface area contributed by atoms with E-state index in [-0.39, 0.29) is 24.3 Å². The Balaban J connectivity index is 2.06. The molecule has 1 atom stereocenters. The standard InChI is InChI=1S/C17H18N2O4S3/c1-3-17(10-20,6-7-23-2)26(21,22)12-4-5-13-14(8-12)25-16(19-13)15-9-18-11-24-15/h4-5,8-11H,3,6-7H2,1-2H3. The van der Waals surface area contributed by atoms with Crippen LogP contribution >= 0.6 is 22.7 Å². The van der Waals surface area contributed by atoms with Crippen LogP contribution in [-0.4, -0.2) is 43.1 Å². The maximum atomic E-state index is 13.2. The van der Waals surface area contributed by atoms with Crippen molar-refractivity contribution >= 4 is 49.0 Å². The summed E-state index contributed by atoms with van der Waals surface area (Å²) >= 11 is 2.89. The molecule has 2 aromatic heterocycles. The van der Waals surface area contributed by atoms with Crippen LogP contribution in [0, 0.1) is 0 Å². The molecule has 138 valence electrons. The number of aromatic nitrogens is 2. The Morgan fingerprint density at radius 2 is 2.15 bits per heavy atom. The predicted molar refractivity (Wildman–Crippen MR) is 103 cm³/mol. The van der Waals surface area contributed by atoms with Crippen LogP contribution in [0.15, 0.2) is 34.8 Å². The minimum absolute atomic E-state index is 0.124. The van der Waals surface area contributed by atoms with Crippen molar-refractivity contribution in [1.29, 1.82) is 0 Å². The summed E-state index contributed by atoms with van der Waals surface area (Å²) in [6.45, 7) is 1.90. The molecule has 2 heterocycles. The molecule has 0 saturated heterocycles. The van der Waals surface area contributed by atoms with Gasteiger partial charge in [0.05, 0.1) is 25.5 Å². The lowest BCUT2D eigenvalue weighted by Crippen LogP contribution is -2.41. The summed E-state index contributed by atoms with van der Waals surface area (Å²) in [7, 11) is -2.36. The Bertz CT molecular complexity index is 1010. The van der Waals surface area contributed by atoms with Gasteiger partial charge in [0.1, 0.15) is 16.0 Å². The topological polar surface area (TPSA) is 86.2 Å². The lowest BCUT2D eigenvalue weighted by atomic mass is 10.0. The fraction of sp³-hybridized carbons (Fsp3) is 0.353. The van der Waals surface area contributed by atoms with Gasteiger partial charge in [0, 0.05) is 19.9 Å². The number of fused-ring (bicyclic) bond motifs is 1. The molecule has 0 aliphatic heterocycles. The third-order valence-corrected chi connectivity index (χ3v) is 8.89. The number of ether oxygens (including phenoxy) is 1. The highest BCUT2D eigenvalue weighted by Crippen LogP contribution is 2.36. The quantitative estimate of drug-likeness (QED) is 0.528. The molecule has 0 saturated carbocycles. The van der Waals surface area contributed by atoms with Gasteiger partial charge in [-0.25, -0.2) is 13.4 Å². The first-order valence-electron chi connectivity index (χ1n) is 7.97. The molecule has 0 spiro atoms. The van der Waals surface area contributed by atoms with E-state index in [4.69, 9.17) is 4.74 Å². The Morgan fingerprint density at radius 1 is 1.35 bits per heavy atom. The molecule has 0 aliphatic rings. The number of carbonyl (C=O) groups excluding carboxylic acids is 1. The van der Waals surface area contributed by atoms with Crippen molar-refractivity contribution in [2.24, 2.45) is 0 Å². The van der Waals surface area contributed by atoms with E-state index >= 15 is 0 Å². The normalized spacial score (nSPS) is 14.4. The summed E-state index contributed by atoms with van der Waals surface area (Å²) < 4.78 is 30.7. The van der Waals surface area contributed by atoms with E-state index in [2.05, 4.69) is 9.97 Å². The number of benzene rings is 1. The summed E-state index contributed by atoms with van der Waals surface area (Å²) in [5.74, 6) is 0. The number of methoxy groups -OCH3 is 1. The molecule has 0 aliphatic carbocycles. The third kappa shape index (κ3) is 3.20. The third-order valence-electron chi connectivity index (χ3n) is 4.39. The van der Waals surface area contributed by atoms with E-state index in [0.29, 0.717) is 6.29 Å². The van der Waals surface area contributed by atoms with Crippen LogP contribution in [0.2, 0.25) is 0 Å². The molecular formula is C17H18N2O4S3. The zero-order chi connectivity index (χ0) is 18.8. The van der Waals surface area contributed by atoms with Crippen molar-refractivity contribution in [3.05, 3.63) is 29.9 Å². The van der Waals surface area contributed by atoms with Gasteiger partial charge in [-0.15, -0.1) is 22.7 Å². The molecule has 9 heteroatoms. The van der Waals surface area contributed by atoms with E-state index in [1.165, 1.54) is 35.8 Å². The van der Waals surface area contributed by atoms with Crippen molar-refractivity contribution < 1.29 is 17.9 Å². The van der Waals surface area contributed by atoms with E-state index in [1.807, 2.05) is 0 Å². The maximum absolute atomic E-state index is 13.2. The lowest BCUT2D eigenvalue weighted by Gasteiger charge is -2.26. The highest BCUT2D eigenvalue weighted by molar-refractivity contribution is 7.93. The first-order valence-corrected chi connectivity index (χ1v) is 11.1. The number of sulfone groups is 1. The smallest absolute Gasteiger partial charge is 0.191 e. The van der Waals surface area contributed by atoms with Crippen molar-refractivity contribution in [1.82, 2.24) is 9.97 Å². The molecule has 3 rings (SSSR count). The number of nitrogens with zero attached hydrogens (tertiary/aromatic N) is 2. The van der Waals surface area contributed by atoms with Crippen LogP contribution in [0.5, 0.6) is 0 Å². The second kappa shape index (κ2) is 7.51. The van der Waals surface area contributed by atoms with Crippen molar-refractivity contribution in [2.45, 2.75) is 29.4 Å². The van der Waals surface area contributed by atoms with Gasteiger partial charge in [-0.3, -0.25) is 4.98 Å². The van der Waals surface area contributed by atoms with Crippen molar-refractivity contribution in [3.8, 4) is 9.88 Å². The molecule has 0 bridgehead atoms. The van der Waals surface area contributed by atoms with Crippen LogP contribution < -0.4 is 0 Å². The van der Waals surface area contributed by atoms with Gasteiger partial charge in [-0.2, -0.15) is 0 Å². The van der Waals surface area contributed by atoms with Gasteiger partial charge < -0.3 is 9.53 Å². The van der Waals surface area contributed by atoms with Gasteiger partial charge in [0.25, 0.3) is 0 Å².